The van der Waals surface area contributed by atoms with Gasteiger partial charge in [-0.2, -0.15) is 5.26 Å². The second kappa shape index (κ2) is 5.62. The van der Waals surface area contributed by atoms with E-state index in [1.54, 1.807) is 0 Å². The average Bonchev–Trinajstić information content (AvgIpc) is 2.80. The van der Waals surface area contributed by atoms with Crippen LogP contribution in [-0.4, -0.2) is 15.5 Å². The summed E-state index contributed by atoms with van der Waals surface area (Å²) in [4.78, 5) is 17.0. The van der Waals surface area contributed by atoms with Crippen molar-refractivity contribution < 1.29 is 4.79 Å². The molecule has 126 valence electrons. The van der Waals surface area contributed by atoms with Gasteiger partial charge in [-0.3, -0.25) is 10.1 Å². The van der Waals surface area contributed by atoms with Gasteiger partial charge in [0.2, 0.25) is 11.9 Å². The quantitative estimate of drug-likeness (QED) is 0.920. The molecule has 5 heteroatoms. The molecule has 0 unspecified atom stereocenters. The molecular formula is C19H24N4O. The van der Waals surface area contributed by atoms with E-state index in [9.17, 15) is 10.1 Å². The van der Waals surface area contributed by atoms with Crippen molar-refractivity contribution in [3.05, 3.63) is 23.8 Å². The number of aromatic nitrogens is 2. The molecule has 1 aromatic carbocycles. The number of rotatable bonds is 3. The molecule has 1 aromatic heterocycles. The highest BCUT2D eigenvalue weighted by Crippen LogP contribution is 2.43. The molecule has 0 bridgehead atoms. The number of carbonyl (C=O) groups excluding carboxylic acids is 1. The van der Waals surface area contributed by atoms with Gasteiger partial charge in [-0.1, -0.05) is 26.8 Å². The van der Waals surface area contributed by atoms with Crippen LogP contribution in [0.3, 0.4) is 0 Å². The molecule has 0 atom stereocenters. The summed E-state index contributed by atoms with van der Waals surface area (Å²) in [7, 11) is 0. The second-order valence-electron chi connectivity index (χ2n) is 8.19. The Labute approximate surface area is 142 Å². The average molecular weight is 324 g/mol. The first-order chi connectivity index (χ1) is 11.2. The van der Waals surface area contributed by atoms with Gasteiger partial charge < -0.3 is 4.57 Å². The van der Waals surface area contributed by atoms with E-state index in [-0.39, 0.29) is 16.9 Å². The zero-order valence-corrected chi connectivity index (χ0v) is 14.8. The van der Waals surface area contributed by atoms with Crippen LogP contribution in [0.15, 0.2) is 18.2 Å². The molecule has 1 amide bonds. The molecule has 0 radical (unpaired) electrons. The third-order valence-electron chi connectivity index (χ3n) is 4.71. The molecule has 2 aromatic rings. The molecule has 0 spiro atoms. The highest BCUT2D eigenvalue weighted by Gasteiger charge is 2.38. The van der Waals surface area contributed by atoms with Gasteiger partial charge in [0.05, 0.1) is 16.6 Å². The number of benzene rings is 1. The number of fused-ring (bicyclic) bond motifs is 1. The van der Waals surface area contributed by atoms with E-state index < -0.39 is 0 Å². The molecule has 0 saturated heterocycles. The minimum absolute atomic E-state index is 0.0412. The number of carbonyl (C=O) groups is 1. The first-order valence-electron chi connectivity index (χ1n) is 8.45. The minimum atomic E-state index is -0.0912. The molecule has 1 aliphatic carbocycles. The molecule has 1 fully saturated rings. The highest BCUT2D eigenvalue weighted by atomic mass is 16.1. The van der Waals surface area contributed by atoms with Crippen LogP contribution in [0.25, 0.3) is 11.0 Å². The van der Waals surface area contributed by atoms with Crippen LogP contribution in [0.1, 0.15) is 58.9 Å². The first kappa shape index (κ1) is 16.5. The van der Waals surface area contributed by atoms with Crippen LogP contribution in [0.4, 0.5) is 5.95 Å². The standard InChI is InChI=1S/C19H24N4O/c1-18(2,3)11-15(24)22-17-21-14-8-5-7-13(12-20)16(14)23(17)19(4)9-6-10-19/h5,7-8H,6,9-11H2,1-4H3,(H,21,22,24). The van der Waals surface area contributed by atoms with Gasteiger partial charge in [0.25, 0.3) is 0 Å². The molecule has 24 heavy (non-hydrogen) atoms. The van der Waals surface area contributed by atoms with Gasteiger partial charge in [-0.25, -0.2) is 4.98 Å². The van der Waals surface area contributed by atoms with E-state index in [1.807, 2.05) is 39.0 Å². The summed E-state index contributed by atoms with van der Waals surface area (Å²) in [6.07, 6.45) is 3.64. The van der Waals surface area contributed by atoms with Crippen LogP contribution in [0, 0.1) is 16.7 Å². The van der Waals surface area contributed by atoms with Gasteiger partial charge >= 0.3 is 0 Å². The number of imidazole rings is 1. The third kappa shape index (κ3) is 2.89. The Morgan fingerprint density at radius 1 is 1.42 bits per heavy atom. The van der Waals surface area contributed by atoms with E-state index in [0.717, 1.165) is 30.3 Å². The fourth-order valence-corrected chi connectivity index (χ4v) is 3.39. The predicted octanol–water partition coefficient (Wildman–Crippen LogP) is 4.18. The van der Waals surface area contributed by atoms with Gasteiger partial charge in [-0.15, -0.1) is 0 Å². The van der Waals surface area contributed by atoms with Crippen molar-refractivity contribution in [2.24, 2.45) is 5.41 Å². The number of anilines is 1. The first-order valence-corrected chi connectivity index (χ1v) is 8.45. The molecule has 1 saturated carbocycles. The fraction of sp³-hybridized carbons (Fsp3) is 0.526. The van der Waals surface area contributed by atoms with Crippen molar-refractivity contribution in [3.63, 3.8) is 0 Å². The number of hydrogen-bond acceptors (Lipinski definition) is 3. The van der Waals surface area contributed by atoms with Crippen molar-refractivity contribution in [1.82, 2.24) is 9.55 Å². The molecule has 1 heterocycles. The molecule has 3 rings (SSSR count). The zero-order valence-electron chi connectivity index (χ0n) is 14.8. The van der Waals surface area contributed by atoms with Crippen molar-refractivity contribution in [3.8, 4) is 6.07 Å². The summed E-state index contributed by atoms with van der Waals surface area (Å²) in [5, 5.41) is 12.5. The topological polar surface area (TPSA) is 70.7 Å². The van der Waals surface area contributed by atoms with Gasteiger partial charge in [0, 0.05) is 12.0 Å². The summed E-state index contributed by atoms with van der Waals surface area (Å²) in [5.74, 6) is 0.518. The van der Waals surface area contributed by atoms with Crippen molar-refractivity contribution in [1.29, 1.82) is 5.26 Å². The lowest BCUT2D eigenvalue weighted by atomic mass is 9.78. The number of amides is 1. The van der Waals surface area contributed by atoms with E-state index in [2.05, 4.69) is 27.9 Å². The maximum absolute atomic E-state index is 12.4. The molecular weight excluding hydrogens is 300 g/mol. The van der Waals surface area contributed by atoms with Crippen molar-refractivity contribution >= 4 is 22.9 Å². The largest absolute Gasteiger partial charge is 0.303 e. The van der Waals surface area contributed by atoms with Crippen LogP contribution in [-0.2, 0) is 10.3 Å². The fourth-order valence-electron chi connectivity index (χ4n) is 3.39. The van der Waals surface area contributed by atoms with E-state index >= 15 is 0 Å². The molecule has 5 nitrogen and oxygen atoms in total. The summed E-state index contributed by atoms with van der Waals surface area (Å²) >= 11 is 0. The lowest BCUT2D eigenvalue weighted by Gasteiger charge is -2.41. The molecule has 1 N–H and O–H groups in total. The maximum Gasteiger partial charge on any atom is 0.227 e. The zero-order chi connectivity index (χ0) is 17.5. The van der Waals surface area contributed by atoms with E-state index in [4.69, 9.17) is 0 Å². The molecule has 0 aliphatic heterocycles. The maximum atomic E-state index is 12.4. The highest BCUT2D eigenvalue weighted by molar-refractivity contribution is 5.93. The van der Waals surface area contributed by atoms with Gasteiger partial charge in [-0.05, 0) is 43.7 Å². The molecule has 1 aliphatic rings. The minimum Gasteiger partial charge on any atom is -0.303 e. The van der Waals surface area contributed by atoms with Crippen molar-refractivity contribution in [2.45, 2.75) is 58.9 Å². The van der Waals surface area contributed by atoms with Crippen LogP contribution < -0.4 is 5.32 Å². The number of para-hydroxylation sites is 1. The lowest BCUT2D eigenvalue weighted by molar-refractivity contribution is -0.117. The van der Waals surface area contributed by atoms with E-state index in [1.165, 1.54) is 0 Å². The summed E-state index contributed by atoms with van der Waals surface area (Å²) in [6, 6.07) is 7.80. The monoisotopic (exact) mass is 324 g/mol. The Hall–Kier alpha value is -2.35. The smallest absolute Gasteiger partial charge is 0.227 e. The third-order valence-corrected chi connectivity index (χ3v) is 4.71. The SMILES string of the molecule is CC(C)(C)CC(=O)Nc1nc2cccc(C#N)c2n1C1(C)CCC1. The number of nitrogens with zero attached hydrogens (tertiary/aromatic N) is 3. The van der Waals surface area contributed by atoms with Crippen LogP contribution in [0.2, 0.25) is 0 Å². The normalized spacial score (nSPS) is 16.5. The number of hydrogen-bond donors (Lipinski definition) is 1. The van der Waals surface area contributed by atoms with Gasteiger partial charge in [0.15, 0.2) is 0 Å². The van der Waals surface area contributed by atoms with Crippen LogP contribution in [0.5, 0.6) is 0 Å². The number of nitriles is 1. The summed E-state index contributed by atoms with van der Waals surface area (Å²) in [6.45, 7) is 8.29. The number of nitrogens with one attached hydrogen (secondary N) is 1. The van der Waals surface area contributed by atoms with E-state index in [0.29, 0.717) is 17.9 Å². The summed E-state index contributed by atoms with van der Waals surface area (Å²) in [5.41, 5.74) is 2.01. The van der Waals surface area contributed by atoms with Crippen molar-refractivity contribution in [2.75, 3.05) is 5.32 Å². The Kier molecular flexibility index (Phi) is 3.87. The summed E-state index contributed by atoms with van der Waals surface area (Å²) < 4.78 is 2.07. The lowest BCUT2D eigenvalue weighted by Crippen LogP contribution is -2.38. The predicted molar refractivity (Wildman–Crippen MR) is 94.6 cm³/mol. The Bertz CT molecular complexity index is 831. The Balaban J connectivity index is 2.09. The Morgan fingerprint density at radius 3 is 2.67 bits per heavy atom. The second-order valence-corrected chi connectivity index (χ2v) is 8.19. The van der Waals surface area contributed by atoms with Crippen LogP contribution >= 0.6 is 0 Å². The van der Waals surface area contributed by atoms with Gasteiger partial charge in [0.1, 0.15) is 6.07 Å². The Morgan fingerprint density at radius 2 is 2.12 bits per heavy atom.